The molecule has 0 aromatic heterocycles. The molecule has 0 spiro atoms. The zero-order valence-corrected chi connectivity index (χ0v) is 8.55. The zero-order valence-electron chi connectivity index (χ0n) is 6.91. The van der Waals surface area contributed by atoms with E-state index in [1.165, 1.54) is 18.2 Å². The fourth-order valence-corrected chi connectivity index (χ4v) is 1.76. The molecule has 14 heavy (non-hydrogen) atoms. The van der Waals surface area contributed by atoms with Gasteiger partial charge in [0, 0.05) is 0 Å². The van der Waals surface area contributed by atoms with Crippen molar-refractivity contribution in [1.82, 2.24) is 0 Å². The highest BCUT2D eigenvalue weighted by atomic mass is 32.2. The fraction of sp³-hybridized carbons (Fsp3) is 0. The Morgan fingerprint density at radius 1 is 1.21 bits per heavy atom. The molecular formula is C7H7NO4S2. The van der Waals surface area contributed by atoms with Crippen molar-refractivity contribution in [1.29, 1.82) is 0 Å². The Balaban J connectivity index is 3.32. The van der Waals surface area contributed by atoms with Crippen molar-refractivity contribution in [3.8, 4) is 0 Å². The monoisotopic (exact) mass is 233 g/mol. The molecule has 0 aliphatic heterocycles. The molecule has 5 nitrogen and oxygen atoms in total. The average Bonchev–Trinajstić information content (AvgIpc) is 2.16. The quantitative estimate of drug-likeness (QED) is 0.606. The maximum Gasteiger partial charge on any atom is 0.188 e. The molecule has 1 aromatic carbocycles. The number of hydrogen-bond acceptors (Lipinski definition) is 3. The number of hydrogen-bond donors (Lipinski definition) is 2. The fourth-order valence-electron chi connectivity index (χ4n) is 0.877. The van der Waals surface area contributed by atoms with Crippen LogP contribution in [-0.2, 0) is 22.2 Å². The molecule has 76 valence electrons. The Kier molecular flexibility index (Phi) is 3.64. The lowest BCUT2D eigenvalue weighted by atomic mass is 10.3. The van der Waals surface area contributed by atoms with Crippen LogP contribution >= 0.6 is 0 Å². The van der Waals surface area contributed by atoms with Gasteiger partial charge in [-0.25, -0.2) is 8.42 Å². The molecule has 0 saturated carbocycles. The third-order valence-electron chi connectivity index (χ3n) is 1.49. The van der Waals surface area contributed by atoms with Crippen LogP contribution in [0.1, 0.15) is 0 Å². The number of benzene rings is 1. The minimum atomic E-state index is -2.18. The Bertz CT molecular complexity index is 418. The smallest absolute Gasteiger partial charge is 0.188 e. The van der Waals surface area contributed by atoms with Gasteiger partial charge >= 0.3 is 0 Å². The van der Waals surface area contributed by atoms with Crippen molar-refractivity contribution in [2.45, 2.75) is 9.79 Å². The minimum Gasteiger partial charge on any atom is -0.302 e. The highest BCUT2D eigenvalue weighted by Crippen LogP contribution is 2.24. The third-order valence-corrected chi connectivity index (χ3v) is 2.87. The first kappa shape index (κ1) is 11.2. The van der Waals surface area contributed by atoms with E-state index in [1.807, 2.05) is 0 Å². The molecule has 2 unspecified atom stereocenters. The first-order valence-electron chi connectivity index (χ1n) is 3.38. The van der Waals surface area contributed by atoms with Gasteiger partial charge in [0.25, 0.3) is 0 Å². The number of rotatable bonds is 3. The van der Waals surface area contributed by atoms with Crippen LogP contribution in [0.4, 0.5) is 5.69 Å². The number of nitrogens with zero attached hydrogens (tertiary/aromatic N) is 1. The van der Waals surface area contributed by atoms with Gasteiger partial charge in [0.1, 0.15) is 0 Å². The van der Waals surface area contributed by atoms with Gasteiger partial charge in [0.05, 0.1) is 15.5 Å². The van der Waals surface area contributed by atoms with Crippen molar-refractivity contribution in [3.63, 3.8) is 0 Å². The van der Waals surface area contributed by atoms with E-state index in [0.29, 0.717) is 0 Å². The summed E-state index contributed by atoms with van der Waals surface area (Å²) in [6, 6.07) is 3.80. The maximum absolute atomic E-state index is 10.7. The van der Waals surface area contributed by atoms with Gasteiger partial charge in [-0.05, 0) is 24.9 Å². The molecule has 1 rings (SSSR count). The number of aliphatic imine (C=N–C) groups is 1. The van der Waals surface area contributed by atoms with Crippen LogP contribution in [0.15, 0.2) is 33.0 Å². The predicted octanol–water partition coefficient (Wildman–Crippen LogP) is 1.18. The second-order valence-electron chi connectivity index (χ2n) is 2.29. The molecule has 0 aliphatic carbocycles. The topological polar surface area (TPSA) is 87.0 Å². The van der Waals surface area contributed by atoms with Crippen molar-refractivity contribution in [3.05, 3.63) is 18.2 Å². The molecule has 0 bridgehead atoms. The van der Waals surface area contributed by atoms with Gasteiger partial charge in [0.2, 0.25) is 0 Å². The van der Waals surface area contributed by atoms with E-state index in [4.69, 9.17) is 9.11 Å². The van der Waals surface area contributed by atoms with Gasteiger partial charge in [-0.15, -0.1) is 0 Å². The molecule has 0 heterocycles. The SMILES string of the molecule is C=Nc1cc(S(=O)O)ccc1S(=O)O. The molecular weight excluding hydrogens is 226 g/mol. The van der Waals surface area contributed by atoms with E-state index >= 15 is 0 Å². The highest BCUT2D eigenvalue weighted by molar-refractivity contribution is 7.79. The van der Waals surface area contributed by atoms with Crippen LogP contribution in [-0.4, -0.2) is 24.2 Å². The summed E-state index contributed by atoms with van der Waals surface area (Å²) in [7, 11) is 0. The lowest BCUT2D eigenvalue weighted by molar-refractivity contribution is 0.561. The molecule has 0 saturated heterocycles. The Morgan fingerprint density at radius 3 is 2.29 bits per heavy atom. The van der Waals surface area contributed by atoms with E-state index < -0.39 is 22.2 Å². The summed E-state index contributed by atoms with van der Waals surface area (Å²) in [5, 5.41) is 0. The second kappa shape index (κ2) is 4.56. The summed E-state index contributed by atoms with van der Waals surface area (Å²) in [5.41, 5.74) is 0.130. The van der Waals surface area contributed by atoms with Crippen LogP contribution in [0, 0.1) is 0 Å². The standard InChI is InChI=1S/C7H7NO4S2/c1-8-6-4-5(13(9)10)2-3-7(6)14(11)12/h2-4H,1H2,(H,9,10)(H,11,12). The third kappa shape index (κ3) is 2.32. The van der Waals surface area contributed by atoms with E-state index in [0.717, 1.165) is 0 Å². The molecule has 0 aliphatic rings. The molecule has 2 atom stereocenters. The summed E-state index contributed by atoms with van der Waals surface area (Å²) < 4.78 is 39.0. The molecule has 0 radical (unpaired) electrons. The first-order chi connectivity index (χ1) is 6.56. The lowest BCUT2D eigenvalue weighted by Crippen LogP contribution is -1.92. The van der Waals surface area contributed by atoms with Gasteiger partial charge in [0.15, 0.2) is 22.2 Å². The normalized spacial score (nSPS) is 14.7. The molecule has 1 aromatic rings. The van der Waals surface area contributed by atoms with E-state index in [9.17, 15) is 8.42 Å². The summed E-state index contributed by atoms with van der Waals surface area (Å²) in [4.78, 5) is 3.66. The van der Waals surface area contributed by atoms with Crippen molar-refractivity contribution in [2.75, 3.05) is 0 Å². The molecule has 0 fully saturated rings. The minimum absolute atomic E-state index is 0.0641. The van der Waals surface area contributed by atoms with Gasteiger partial charge in [-0.2, -0.15) is 0 Å². The molecule has 0 amide bonds. The summed E-state index contributed by atoms with van der Waals surface area (Å²) in [5.74, 6) is 0. The van der Waals surface area contributed by atoms with Crippen LogP contribution < -0.4 is 0 Å². The van der Waals surface area contributed by atoms with Crippen LogP contribution in [0.3, 0.4) is 0 Å². The van der Waals surface area contributed by atoms with Crippen LogP contribution in [0.5, 0.6) is 0 Å². The highest BCUT2D eigenvalue weighted by Gasteiger charge is 2.09. The largest absolute Gasteiger partial charge is 0.302 e. The van der Waals surface area contributed by atoms with Crippen LogP contribution in [0.25, 0.3) is 0 Å². The van der Waals surface area contributed by atoms with Crippen molar-refractivity contribution in [2.24, 2.45) is 4.99 Å². The van der Waals surface area contributed by atoms with E-state index in [1.54, 1.807) is 0 Å². The van der Waals surface area contributed by atoms with E-state index in [2.05, 4.69) is 11.7 Å². The summed E-state index contributed by atoms with van der Waals surface area (Å²) >= 11 is -4.31. The van der Waals surface area contributed by atoms with Gasteiger partial charge in [-0.1, -0.05) is 0 Å². The van der Waals surface area contributed by atoms with Crippen LogP contribution in [0.2, 0.25) is 0 Å². The Morgan fingerprint density at radius 2 is 1.86 bits per heavy atom. The van der Waals surface area contributed by atoms with Gasteiger partial charge < -0.3 is 9.11 Å². The second-order valence-corrected chi connectivity index (χ2v) is 4.19. The molecule has 7 heteroatoms. The Labute approximate surface area is 85.4 Å². The summed E-state index contributed by atoms with van der Waals surface area (Å²) in [6.45, 7) is 3.20. The zero-order chi connectivity index (χ0) is 10.7. The Hall–Kier alpha value is -0.890. The summed E-state index contributed by atoms with van der Waals surface area (Å²) in [6.07, 6.45) is 0. The van der Waals surface area contributed by atoms with Crippen molar-refractivity contribution < 1.29 is 17.5 Å². The maximum atomic E-state index is 10.7. The molecule has 2 N–H and O–H groups in total. The average molecular weight is 233 g/mol. The predicted molar refractivity (Wildman–Crippen MR) is 53.7 cm³/mol. The first-order valence-corrected chi connectivity index (χ1v) is 5.60. The lowest BCUT2D eigenvalue weighted by Gasteiger charge is -2.01. The van der Waals surface area contributed by atoms with E-state index in [-0.39, 0.29) is 15.5 Å². The van der Waals surface area contributed by atoms with Gasteiger partial charge in [-0.3, -0.25) is 4.99 Å². The van der Waals surface area contributed by atoms with Crippen molar-refractivity contribution >= 4 is 34.6 Å².